The average molecular weight is 223 g/mol. The molecule has 92 valence electrons. The van der Waals surface area contributed by atoms with Crippen molar-refractivity contribution in [3.05, 3.63) is 18.0 Å². The number of nitrogens with zero attached hydrogens (tertiary/aromatic N) is 2. The highest BCUT2D eigenvalue weighted by atomic mass is 15.2. The van der Waals surface area contributed by atoms with E-state index in [2.05, 4.69) is 44.3 Å². The molecule has 3 nitrogen and oxygen atoms in total. The van der Waals surface area contributed by atoms with Crippen molar-refractivity contribution in [2.75, 3.05) is 6.54 Å². The maximum atomic E-state index is 4.22. The number of aromatic nitrogens is 2. The normalized spacial score (nSPS) is 14.1. The third kappa shape index (κ3) is 3.63. The Morgan fingerprint density at radius 1 is 1.50 bits per heavy atom. The van der Waals surface area contributed by atoms with Gasteiger partial charge in [-0.1, -0.05) is 20.3 Å². The summed E-state index contributed by atoms with van der Waals surface area (Å²) in [5, 5.41) is 7.84. The van der Waals surface area contributed by atoms with E-state index >= 15 is 0 Å². The van der Waals surface area contributed by atoms with Crippen molar-refractivity contribution in [1.82, 2.24) is 15.1 Å². The minimum absolute atomic E-state index is 0.0102. The van der Waals surface area contributed by atoms with Crippen LogP contribution in [0, 0.1) is 5.92 Å². The topological polar surface area (TPSA) is 29.9 Å². The Labute approximate surface area is 99.2 Å². The van der Waals surface area contributed by atoms with Gasteiger partial charge in [0.1, 0.15) is 0 Å². The van der Waals surface area contributed by atoms with Gasteiger partial charge in [-0.05, 0) is 32.7 Å². The second-order valence-corrected chi connectivity index (χ2v) is 5.30. The van der Waals surface area contributed by atoms with Gasteiger partial charge >= 0.3 is 0 Å². The Balaban J connectivity index is 2.51. The van der Waals surface area contributed by atoms with E-state index < -0.39 is 0 Å². The minimum atomic E-state index is 0.0102. The van der Waals surface area contributed by atoms with Crippen LogP contribution < -0.4 is 5.32 Å². The molecule has 0 saturated heterocycles. The van der Waals surface area contributed by atoms with Crippen LogP contribution in [0.5, 0.6) is 0 Å². The Kier molecular flexibility index (Phi) is 4.54. The summed E-state index contributed by atoms with van der Waals surface area (Å²) < 4.78 is 1.86. The molecule has 0 aliphatic heterocycles. The molecular formula is C13H25N3. The Morgan fingerprint density at radius 3 is 2.69 bits per heavy atom. The van der Waals surface area contributed by atoms with Crippen LogP contribution in [0.25, 0.3) is 0 Å². The van der Waals surface area contributed by atoms with Crippen molar-refractivity contribution in [2.24, 2.45) is 13.0 Å². The monoisotopic (exact) mass is 223 g/mol. The number of hydrogen-bond donors (Lipinski definition) is 1. The maximum absolute atomic E-state index is 4.22. The molecule has 1 unspecified atom stereocenters. The fourth-order valence-corrected chi connectivity index (χ4v) is 1.87. The highest BCUT2D eigenvalue weighted by Crippen LogP contribution is 2.19. The molecule has 0 bridgehead atoms. The molecule has 1 heterocycles. The number of aryl methyl sites for hydroxylation is 1. The SMILES string of the molecule is CCCC(C)CNC(C)(C)c1cnn(C)c1. The minimum Gasteiger partial charge on any atom is -0.307 e. The molecule has 1 aromatic rings. The van der Waals surface area contributed by atoms with Gasteiger partial charge in [0.15, 0.2) is 0 Å². The molecule has 3 heteroatoms. The van der Waals surface area contributed by atoms with Crippen LogP contribution in [0.2, 0.25) is 0 Å². The molecule has 1 rings (SSSR count). The molecule has 0 amide bonds. The zero-order valence-electron chi connectivity index (χ0n) is 11.2. The summed E-state index contributed by atoms with van der Waals surface area (Å²) in [5.41, 5.74) is 1.26. The van der Waals surface area contributed by atoms with Gasteiger partial charge in [-0.25, -0.2) is 0 Å². The molecule has 1 atom stereocenters. The lowest BCUT2D eigenvalue weighted by molar-refractivity contribution is 0.354. The molecule has 0 radical (unpaired) electrons. The first-order chi connectivity index (χ1) is 7.45. The van der Waals surface area contributed by atoms with Crippen LogP contribution in [-0.4, -0.2) is 16.3 Å². The van der Waals surface area contributed by atoms with Gasteiger partial charge < -0.3 is 5.32 Å². The van der Waals surface area contributed by atoms with E-state index in [9.17, 15) is 0 Å². The van der Waals surface area contributed by atoms with Crippen LogP contribution in [0.3, 0.4) is 0 Å². The van der Waals surface area contributed by atoms with Crippen LogP contribution in [0.1, 0.15) is 46.1 Å². The van der Waals surface area contributed by atoms with E-state index in [0.29, 0.717) is 0 Å². The first kappa shape index (κ1) is 13.2. The smallest absolute Gasteiger partial charge is 0.0540 e. The molecule has 0 aliphatic rings. The summed E-state index contributed by atoms with van der Waals surface area (Å²) in [6, 6.07) is 0. The second-order valence-electron chi connectivity index (χ2n) is 5.30. The lowest BCUT2D eigenvalue weighted by atomic mass is 9.96. The van der Waals surface area contributed by atoms with Crippen LogP contribution in [0.15, 0.2) is 12.4 Å². The van der Waals surface area contributed by atoms with Gasteiger partial charge in [-0.15, -0.1) is 0 Å². The number of rotatable bonds is 6. The Bertz CT molecular complexity index is 315. The summed E-state index contributed by atoms with van der Waals surface area (Å²) in [6.45, 7) is 10.0. The standard InChI is InChI=1S/C13H25N3/c1-6-7-11(2)8-14-13(3,4)12-9-15-16(5)10-12/h9-11,14H,6-8H2,1-5H3. The van der Waals surface area contributed by atoms with E-state index in [1.54, 1.807) is 0 Å². The third-order valence-electron chi connectivity index (χ3n) is 3.10. The third-order valence-corrected chi connectivity index (χ3v) is 3.10. The second kappa shape index (κ2) is 5.48. The van der Waals surface area contributed by atoms with E-state index in [1.807, 2.05) is 17.9 Å². The fraction of sp³-hybridized carbons (Fsp3) is 0.769. The first-order valence-electron chi connectivity index (χ1n) is 6.20. The lowest BCUT2D eigenvalue weighted by Gasteiger charge is -2.27. The predicted octanol–water partition coefficient (Wildman–Crippen LogP) is 2.68. The molecule has 16 heavy (non-hydrogen) atoms. The summed E-state index contributed by atoms with van der Waals surface area (Å²) in [5.74, 6) is 0.737. The predicted molar refractivity (Wildman–Crippen MR) is 68.3 cm³/mol. The molecule has 0 saturated carbocycles. The van der Waals surface area contributed by atoms with E-state index in [0.717, 1.165) is 12.5 Å². The Hall–Kier alpha value is -0.830. The maximum Gasteiger partial charge on any atom is 0.0540 e. The quantitative estimate of drug-likeness (QED) is 0.803. The van der Waals surface area contributed by atoms with E-state index in [4.69, 9.17) is 0 Å². The van der Waals surface area contributed by atoms with Crippen molar-refractivity contribution in [2.45, 2.75) is 46.1 Å². The van der Waals surface area contributed by atoms with Gasteiger partial charge in [0, 0.05) is 24.3 Å². The largest absolute Gasteiger partial charge is 0.307 e. The number of hydrogen-bond acceptors (Lipinski definition) is 2. The van der Waals surface area contributed by atoms with E-state index in [-0.39, 0.29) is 5.54 Å². The first-order valence-corrected chi connectivity index (χ1v) is 6.20. The van der Waals surface area contributed by atoms with E-state index in [1.165, 1.54) is 18.4 Å². The van der Waals surface area contributed by atoms with Gasteiger partial charge in [0.05, 0.1) is 6.20 Å². The highest BCUT2D eigenvalue weighted by molar-refractivity contribution is 5.15. The zero-order chi connectivity index (χ0) is 12.2. The van der Waals surface area contributed by atoms with Crippen LogP contribution in [0.4, 0.5) is 0 Å². The van der Waals surface area contributed by atoms with Gasteiger partial charge in [0.2, 0.25) is 0 Å². The van der Waals surface area contributed by atoms with Gasteiger partial charge in [0.25, 0.3) is 0 Å². The number of nitrogens with one attached hydrogen (secondary N) is 1. The van der Waals surface area contributed by atoms with Crippen molar-refractivity contribution in [3.8, 4) is 0 Å². The fourth-order valence-electron chi connectivity index (χ4n) is 1.87. The summed E-state index contributed by atoms with van der Waals surface area (Å²) in [7, 11) is 1.96. The van der Waals surface area contributed by atoms with Crippen LogP contribution in [-0.2, 0) is 12.6 Å². The molecule has 0 aliphatic carbocycles. The summed E-state index contributed by atoms with van der Waals surface area (Å²) in [6.07, 6.45) is 6.57. The summed E-state index contributed by atoms with van der Waals surface area (Å²) in [4.78, 5) is 0. The lowest BCUT2D eigenvalue weighted by Crippen LogP contribution is -2.38. The molecule has 1 aromatic heterocycles. The molecule has 0 aromatic carbocycles. The van der Waals surface area contributed by atoms with Gasteiger partial charge in [-0.2, -0.15) is 5.10 Å². The van der Waals surface area contributed by atoms with Crippen molar-refractivity contribution in [1.29, 1.82) is 0 Å². The highest BCUT2D eigenvalue weighted by Gasteiger charge is 2.21. The van der Waals surface area contributed by atoms with Crippen molar-refractivity contribution < 1.29 is 0 Å². The molecule has 0 spiro atoms. The van der Waals surface area contributed by atoms with Crippen LogP contribution >= 0.6 is 0 Å². The molecule has 0 fully saturated rings. The average Bonchev–Trinajstić information content (AvgIpc) is 2.63. The van der Waals surface area contributed by atoms with Crippen molar-refractivity contribution in [3.63, 3.8) is 0 Å². The Morgan fingerprint density at radius 2 is 2.19 bits per heavy atom. The molecule has 1 N–H and O–H groups in total. The van der Waals surface area contributed by atoms with Gasteiger partial charge in [-0.3, -0.25) is 4.68 Å². The molecular weight excluding hydrogens is 198 g/mol. The summed E-state index contributed by atoms with van der Waals surface area (Å²) >= 11 is 0. The zero-order valence-corrected chi connectivity index (χ0v) is 11.2. The van der Waals surface area contributed by atoms with Crippen molar-refractivity contribution >= 4 is 0 Å².